The van der Waals surface area contributed by atoms with Crippen LogP contribution in [-0.4, -0.2) is 42.8 Å². The Balaban J connectivity index is 1.56. The third kappa shape index (κ3) is 5.37. The quantitative estimate of drug-likeness (QED) is 0.175. The molecule has 0 N–H and O–H groups in total. The van der Waals surface area contributed by atoms with E-state index in [1.165, 1.54) is 79.7 Å². The van der Waals surface area contributed by atoms with Gasteiger partial charge in [0.25, 0.3) is 0 Å². The van der Waals surface area contributed by atoms with Crippen molar-refractivity contribution < 1.29 is 7.81 Å². The van der Waals surface area contributed by atoms with Crippen molar-refractivity contribution in [2.75, 3.05) is 6.73 Å². The minimum atomic E-state index is -2.87. The van der Waals surface area contributed by atoms with Gasteiger partial charge in [0.2, 0.25) is 0 Å². The number of nitrogens with zero attached hydrogens (tertiary/aromatic N) is 1. The Kier molecular flexibility index (Phi) is 9.53. The SMILES string of the molecule is CCC[CH2][Sn]([CH2]CCC)([CH2]CCC)[O]C1OCN(C2(c3ccccc3)c3ccccc3-c3ccccc32)[C@H]1C. The fourth-order valence-electron chi connectivity index (χ4n) is 7.06. The Bertz CT molecular complexity index is 1140. The van der Waals surface area contributed by atoms with E-state index in [0.29, 0.717) is 6.73 Å². The van der Waals surface area contributed by atoms with E-state index in [-0.39, 0.29) is 12.3 Å². The van der Waals surface area contributed by atoms with Crippen LogP contribution in [0.15, 0.2) is 78.9 Å². The third-order valence-corrected chi connectivity index (χ3v) is 22.1. The summed E-state index contributed by atoms with van der Waals surface area (Å²) in [6, 6.07) is 29.2. The molecular formula is C35H47NO2Sn. The van der Waals surface area contributed by atoms with E-state index in [4.69, 9.17) is 7.81 Å². The number of hydrogen-bond donors (Lipinski definition) is 0. The van der Waals surface area contributed by atoms with Gasteiger partial charge >= 0.3 is 242 Å². The summed E-state index contributed by atoms with van der Waals surface area (Å²) in [5, 5.41) is 0. The van der Waals surface area contributed by atoms with Gasteiger partial charge in [0.1, 0.15) is 0 Å². The van der Waals surface area contributed by atoms with Crippen molar-refractivity contribution in [3.05, 3.63) is 95.6 Å². The molecule has 0 bridgehead atoms. The number of benzene rings is 3. The molecule has 2 atom stereocenters. The second-order valence-corrected chi connectivity index (χ2v) is 23.4. The van der Waals surface area contributed by atoms with Crippen molar-refractivity contribution in [3.8, 4) is 11.1 Å². The molecule has 3 aromatic carbocycles. The standard InChI is InChI=1S/C23H20NO2.3C4H9.Sn/c1-16-22(25)26-15-24(16)23(17-9-3-2-4-10-17)20-13-7-5-11-18(20)19-12-6-8-14-21(19)23;3*1-3-4-2;/h2-14,16,22H,15H2,1H3;3*1,3-4H2,2H3;/q-1;;;;+1/t16-,22?;;;;/m0..../s1. The molecule has 4 heteroatoms. The normalized spacial score (nSPS) is 20.2. The number of unbranched alkanes of at least 4 members (excludes halogenated alkanes) is 3. The summed E-state index contributed by atoms with van der Waals surface area (Å²) in [5.41, 5.74) is 6.26. The van der Waals surface area contributed by atoms with E-state index in [0.717, 1.165) is 0 Å². The van der Waals surface area contributed by atoms with Crippen LogP contribution in [0.1, 0.15) is 82.9 Å². The van der Waals surface area contributed by atoms with Gasteiger partial charge in [0.15, 0.2) is 0 Å². The van der Waals surface area contributed by atoms with Crippen LogP contribution >= 0.6 is 0 Å². The minimum absolute atomic E-state index is 0.144. The Hall–Kier alpha value is -1.66. The van der Waals surface area contributed by atoms with E-state index in [9.17, 15) is 0 Å². The molecule has 0 radical (unpaired) electrons. The van der Waals surface area contributed by atoms with Crippen LogP contribution in [0.5, 0.6) is 0 Å². The summed E-state index contributed by atoms with van der Waals surface area (Å²) in [4.78, 5) is 2.60. The average Bonchev–Trinajstić information content (AvgIpc) is 3.49. The van der Waals surface area contributed by atoms with Crippen molar-refractivity contribution in [1.82, 2.24) is 4.90 Å². The van der Waals surface area contributed by atoms with Crippen LogP contribution in [0.2, 0.25) is 13.3 Å². The second kappa shape index (κ2) is 12.9. The molecule has 0 saturated carbocycles. The predicted octanol–water partition coefficient (Wildman–Crippen LogP) is 9.33. The van der Waals surface area contributed by atoms with Crippen LogP contribution in [0.4, 0.5) is 0 Å². The molecule has 39 heavy (non-hydrogen) atoms. The van der Waals surface area contributed by atoms with Gasteiger partial charge in [-0.15, -0.1) is 0 Å². The molecule has 0 aromatic heterocycles. The maximum atomic E-state index is 7.41. The second-order valence-electron chi connectivity index (χ2n) is 11.7. The van der Waals surface area contributed by atoms with Gasteiger partial charge < -0.3 is 0 Å². The average molecular weight is 632 g/mol. The first-order valence-corrected chi connectivity index (χ1v) is 22.6. The zero-order chi connectivity index (χ0) is 27.3. The zero-order valence-corrected chi connectivity index (χ0v) is 27.3. The molecule has 1 aliphatic carbocycles. The molecule has 1 unspecified atom stereocenters. The van der Waals surface area contributed by atoms with E-state index in [2.05, 4.69) is 111 Å². The first-order chi connectivity index (χ1) is 19.1. The Morgan fingerprint density at radius 2 is 1.23 bits per heavy atom. The third-order valence-electron chi connectivity index (χ3n) is 9.13. The Morgan fingerprint density at radius 3 is 1.74 bits per heavy atom. The van der Waals surface area contributed by atoms with Crippen LogP contribution in [0.25, 0.3) is 11.1 Å². The van der Waals surface area contributed by atoms with Gasteiger partial charge in [-0.25, -0.2) is 0 Å². The van der Waals surface area contributed by atoms with Crippen LogP contribution in [-0.2, 0) is 13.3 Å². The molecule has 3 aromatic rings. The van der Waals surface area contributed by atoms with Crippen molar-refractivity contribution in [2.45, 2.75) is 97.4 Å². The summed E-state index contributed by atoms with van der Waals surface area (Å²) >= 11 is -2.87. The molecule has 1 saturated heterocycles. The molecule has 2 aliphatic rings. The predicted molar refractivity (Wildman–Crippen MR) is 165 cm³/mol. The monoisotopic (exact) mass is 633 g/mol. The maximum absolute atomic E-state index is 7.41. The first kappa shape index (κ1) is 28.9. The summed E-state index contributed by atoms with van der Waals surface area (Å²) in [5.74, 6) is 0. The van der Waals surface area contributed by atoms with Gasteiger partial charge in [0, 0.05) is 0 Å². The summed E-state index contributed by atoms with van der Waals surface area (Å²) in [7, 11) is 0. The van der Waals surface area contributed by atoms with Gasteiger partial charge in [-0.3, -0.25) is 0 Å². The van der Waals surface area contributed by atoms with E-state index < -0.39 is 24.3 Å². The Labute approximate surface area is 241 Å². The Morgan fingerprint density at radius 1 is 0.744 bits per heavy atom. The molecular weight excluding hydrogens is 585 g/mol. The van der Waals surface area contributed by atoms with E-state index >= 15 is 0 Å². The molecule has 1 heterocycles. The molecule has 1 fully saturated rings. The van der Waals surface area contributed by atoms with E-state index in [1.807, 2.05) is 0 Å². The molecule has 1 aliphatic heterocycles. The number of rotatable bonds is 13. The zero-order valence-electron chi connectivity index (χ0n) is 24.5. The molecule has 0 amide bonds. The van der Waals surface area contributed by atoms with Crippen molar-refractivity contribution in [1.29, 1.82) is 0 Å². The number of fused-ring (bicyclic) bond motifs is 3. The molecule has 5 rings (SSSR count). The van der Waals surface area contributed by atoms with Gasteiger partial charge in [-0.1, -0.05) is 0 Å². The first-order valence-electron chi connectivity index (χ1n) is 15.4. The topological polar surface area (TPSA) is 21.7 Å². The van der Waals surface area contributed by atoms with Gasteiger partial charge in [0.05, 0.1) is 0 Å². The van der Waals surface area contributed by atoms with Crippen molar-refractivity contribution in [3.63, 3.8) is 0 Å². The fraction of sp³-hybridized carbons (Fsp3) is 0.486. The summed E-state index contributed by atoms with van der Waals surface area (Å²) in [6.07, 6.45) is 7.47. The summed E-state index contributed by atoms with van der Waals surface area (Å²) in [6.45, 7) is 9.89. The number of hydrogen-bond acceptors (Lipinski definition) is 3. The van der Waals surface area contributed by atoms with E-state index in [1.54, 1.807) is 0 Å². The van der Waals surface area contributed by atoms with Gasteiger partial charge in [-0.2, -0.15) is 0 Å². The van der Waals surface area contributed by atoms with Gasteiger partial charge in [-0.05, 0) is 0 Å². The van der Waals surface area contributed by atoms with Crippen molar-refractivity contribution in [2.24, 2.45) is 0 Å². The molecule has 208 valence electrons. The molecule has 3 nitrogen and oxygen atoms in total. The molecule has 0 spiro atoms. The fourth-order valence-corrected chi connectivity index (χ4v) is 20.9. The number of ether oxygens (including phenoxy) is 1. The van der Waals surface area contributed by atoms with Crippen molar-refractivity contribution >= 4 is 18.8 Å². The van der Waals surface area contributed by atoms with Crippen LogP contribution < -0.4 is 0 Å². The van der Waals surface area contributed by atoms with Crippen LogP contribution in [0.3, 0.4) is 0 Å². The summed E-state index contributed by atoms with van der Waals surface area (Å²) < 4.78 is 18.1. The van der Waals surface area contributed by atoms with Crippen LogP contribution in [0, 0.1) is 0 Å².